The fourth-order valence-corrected chi connectivity index (χ4v) is 2.46. The number of benzene rings is 1. The number of halogens is 1. The van der Waals surface area contributed by atoms with Crippen molar-refractivity contribution in [1.29, 1.82) is 0 Å². The summed E-state index contributed by atoms with van der Waals surface area (Å²) in [4.78, 5) is 4.26. The van der Waals surface area contributed by atoms with Crippen molar-refractivity contribution in [2.45, 2.75) is 26.3 Å². The molecule has 0 radical (unpaired) electrons. The SMILES string of the molecule is CCCNC(c1ccccc1Cl)c1cc(C)cnc1N. The molecule has 4 heteroatoms. The molecule has 2 aromatic rings. The van der Waals surface area contributed by atoms with Crippen molar-refractivity contribution in [3.05, 3.63) is 58.2 Å². The summed E-state index contributed by atoms with van der Waals surface area (Å²) in [5.74, 6) is 0.545. The van der Waals surface area contributed by atoms with Crippen molar-refractivity contribution in [2.24, 2.45) is 0 Å². The van der Waals surface area contributed by atoms with Crippen LogP contribution in [0, 0.1) is 6.92 Å². The number of anilines is 1. The van der Waals surface area contributed by atoms with E-state index >= 15 is 0 Å². The van der Waals surface area contributed by atoms with E-state index in [0.29, 0.717) is 5.82 Å². The Kier molecular flexibility index (Phi) is 4.99. The fraction of sp³-hybridized carbons (Fsp3) is 0.312. The zero-order valence-corrected chi connectivity index (χ0v) is 12.6. The lowest BCUT2D eigenvalue weighted by atomic mass is 9.98. The maximum absolute atomic E-state index is 6.34. The second-order valence-corrected chi connectivity index (χ2v) is 5.30. The molecule has 0 saturated carbocycles. The molecule has 0 aliphatic carbocycles. The molecule has 3 N–H and O–H groups in total. The molecular formula is C16H20ClN3. The lowest BCUT2D eigenvalue weighted by Gasteiger charge is -2.22. The number of pyridine rings is 1. The first kappa shape index (κ1) is 14.8. The van der Waals surface area contributed by atoms with Gasteiger partial charge in [-0.1, -0.05) is 36.7 Å². The lowest BCUT2D eigenvalue weighted by molar-refractivity contribution is 0.598. The maximum Gasteiger partial charge on any atom is 0.128 e. The Morgan fingerprint density at radius 3 is 2.75 bits per heavy atom. The molecule has 1 atom stereocenters. The maximum atomic E-state index is 6.34. The van der Waals surface area contributed by atoms with Gasteiger partial charge in [-0.05, 0) is 43.1 Å². The molecular weight excluding hydrogens is 270 g/mol. The smallest absolute Gasteiger partial charge is 0.128 e. The van der Waals surface area contributed by atoms with Crippen LogP contribution in [0.15, 0.2) is 36.5 Å². The van der Waals surface area contributed by atoms with E-state index in [2.05, 4.69) is 23.3 Å². The standard InChI is InChI=1S/C16H20ClN3/c1-3-8-19-15(12-6-4-5-7-14(12)17)13-9-11(2)10-20-16(13)18/h4-7,9-10,15,19H,3,8H2,1-2H3,(H2,18,20). The number of aromatic nitrogens is 1. The van der Waals surface area contributed by atoms with Gasteiger partial charge in [-0.2, -0.15) is 0 Å². The van der Waals surface area contributed by atoms with E-state index in [1.165, 1.54) is 0 Å². The van der Waals surface area contributed by atoms with Gasteiger partial charge in [-0.25, -0.2) is 4.98 Å². The van der Waals surface area contributed by atoms with Crippen LogP contribution in [0.2, 0.25) is 5.02 Å². The minimum Gasteiger partial charge on any atom is -0.383 e. The zero-order chi connectivity index (χ0) is 14.5. The second-order valence-electron chi connectivity index (χ2n) is 4.90. The van der Waals surface area contributed by atoms with Gasteiger partial charge in [0.25, 0.3) is 0 Å². The topological polar surface area (TPSA) is 50.9 Å². The highest BCUT2D eigenvalue weighted by molar-refractivity contribution is 6.31. The van der Waals surface area contributed by atoms with Crippen molar-refractivity contribution < 1.29 is 0 Å². The van der Waals surface area contributed by atoms with Crippen LogP contribution in [-0.2, 0) is 0 Å². The van der Waals surface area contributed by atoms with E-state index in [0.717, 1.165) is 34.7 Å². The fourth-order valence-electron chi connectivity index (χ4n) is 2.22. The largest absolute Gasteiger partial charge is 0.383 e. The van der Waals surface area contributed by atoms with Gasteiger partial charge >= 0.3 is 0 Å². The van der Waals surface area contributed by atoms with E-state index < -0.39 is 0 Å². The minimum absolute atomic E-state index is 0.0314. The number of nitrogens with two attached hydrogens (primary N) is 1. The molecule has 3 nitrogen and oxygen atoms in total. The van der Waals surface area contributed by atoms with Crippen LogP contribution in [0.1, 0.15) is 36.1 Å². The molecule has 2 rings (SSSR count). The van der Waals surface area contributed by atoms with Crippen molar-refractivity contribution in [2.75, 3.05) is 12.3 Å². The molecule has 0 bridgehead atoms. The van der Waals surface area contributed by atoms with Crippen molar-refractivity contribution >= 4 is 17.4 Å². The normalized spacial score (nSPS) is 12.3. The monoisotopic (exact) mass is 289 g/mol. The third kappa shape index (κ3) is 3.30. The molecule has 0 aliphatic rings. The molecule has 1 aromatic heterocycles. The molecule has 1 aromatic carbocycles. The summed E-state index contributed by atoms with van der Waals surface area (Å²) >= 11 is 6.34. The Bertz CT molecular complexity index is 584. The Morgan fingerprint density at radius 1 is 1.30 bits per heavy atom. The van der Waals surface area contributed by atoms with Crippen LogP contribution in [0.25, 0.3) is 0 Å². The lowest BCUT2D eigenvalue weighted by Crippen LogP contribution is -2.24. The number of hydrogen-bond acceptors (Lipinski definition) is 3. The number of aryl methyl sites for hydroxylation is 1. The molecule has 0 aliphatic heterocycles. The first-order valence-electron chi connectivity index (χ1n) is 6.83. The first-order chi connectivity index (χ1) is 9.63. The number of nitrogens with zero attached hydrogens (tertiary/aromatic N) is 1. The van der Waals surface area contributed by atoms with Crippen molar-refractivity contribution in [1.82, 2.24) is 10.3 Å². The Balaban J connectivity index is 2.47. The number of nitrogens with one attached hydrogen (secondary N) is 1. The van der Waals surface area contributed by atoms with Gasteiger partial charge in [-0.15, -0.1) is 0 Å². The Labute approximate surface area is 125 Å². The predicted octanol–water partition coefficient (Wildman–Crippen LogP) is 3.71. The number of rotatable bonds is 5. The summed E-state index contributed by atoms with van der Waals surface area (Å²) in [6, 6.07) is 9.88. The highest BCUT2D eigenvalue weighted by Crippen LogP contribution is 2.30. The Hall–Kier alpha value is -1.58. The van der Waals surface area contributed by atoms with Crippen LogP contribution in [0.3, 0.4) is 0 Å². The summed E-state index contributed by atoms with van der Waals surface area (Å²) in [6.45, 7) is 5.04. The van der Waals surface area contributed by atoms with E-state index in [-0.39, 0.29) is 6.04 Å². The van der Waals surface area contributed by atoms with Gasteiger partial charge < -0.3 is 11.1 Å². The summed E-state index contributed by atoms with van der Waals surface area (Å²) < 4.78 is 0. The van der Waals surface area contributed by atoms with Crippen molar-refractivity contribution in [3.8, 4) is 0 Å². The van der Waals surface area contributed by atoms with Crippen LogP contribution in [0.4, 0.5) is 5.82 Å². The quantitative estimate of drug-likeness (QED) is 0.882. The van der Waals surface area contributed by atoms with Gasteiger partial charge in [0.1, 0.15) is 5.82 Å². The molecule has 0 amide bonds. The molecule has 20 heavy (non-hydrogen) atoms. The molecule has 1 unspecified atom stereocenters. The summed E-state index contributed by atoms with van der Waals surface area (Å²) in [5, 5.41) is 4.24. The second kappa shape index (κ2) is 6.73. The van der Waals surface area contributed by atoms with E-state index in [1.54, 1.807) is 6.20 Å². The van der Waals surface area contributed by atoms with Gasteiger partial charge in [0.05, 0.1) is 6.04 Å². The average Bonchev–Trinajstić information content (AvgIpc) is 2.44. The van der Waals surface area contributed by atoms with Gasteiger partial charge in [0, 0.05) is 16.8 Å². The summed E-state index contributed by atoms with van der Waals surface area (Å²) in [5.41, 5.74) is 9.15. The van der Waals surface area contributed by atoms with Crippen LogP contribution in [0.5, 0.6) is 0 Å². The third-order valence-electron chi connectivity index (χ3n) is 3.21. The van der Waals surface area contributed by atoms with E-state index in [4.69, 9.17) is 17.3 Å². The van der Waals surface area contributed by atoms with Crippen LogP contribution in [-0.4, -0.2) is 11.5 Å². The molecule has 0 spiro atoms. The van der Waals surface area contributed by atoms with Crippen LogP contribution < -0.4 is 11.1 Å². The zero-order valence-electron chi connectivity index (χ0n) is 11.9. The van der Waals surface area contributed by atoms with Gasteiger partial charge in [0.2, 0.25) is 0 Å². The Morgan fingerprint density at radius 2 is 2.05 bits per heavy atom. The first-order valence-corrected chi connectivity index (χ1v) is 7.21. The third-order valence-corrected chi connectivity index (χ3v) is 3.56. The van der Waals surface area contributed by atoms with Crippen molar-refractivity contribution in [3.63, 3.8) is 0 Å². The molecule has 0 saturated heterocycles. The van der Waals surface area contributed by atoms with Gasteiger partial charge in [0.15, 0.2) is 0 Å². The number of hydrogen-bond donors (Lipinski definition) is 2. The van der Waals surface area contributed by atoms with E-state index in [9.17, 15) is 0 Å². The minimum atomic E-state index is -0.0314. The van der Waals surface area contributed by atoms with E-state index in [1.807, 2.05) is 31.2 Å². The number of nitrogen functional groups attached to an aromatic ring is 1. The molecule has 106 valence electrons. The van der Waals surface area contributed by atoms with Crippen LogP contribution >= 0.6 is 11.6 Å². The highest BCUT2D eigenvalue weighted by Gasteiger charge is 2.19. The summed E-state index contributed by atoms with van der Waals surface area (Å²) in [6.07, 6.45) is 2.82. The van der Waals surface area contributed by atoms with Gasteiger partial charge in [-0.3, -0.25) is 0 Å². The summed E-state index contributed by atoms with van der Waals surface area (Å²) in [7, 11) is 0. The molecule has 1 heterocycles. The average molecular weight is 290 g/mol. The highest BCUT2D eigenvalue weighted by atomic mass is 35.5. The molecule has 0 fully saturated rings. The predicted molar refractivity (Wildman–Crippen MR) is 85.0 cm³/mol.